The van der Waals surface area contributed by atoms with Gasteiger partial charge in [0.25, 0.3) is 0 Å². The Hall–Kier alpha value is -3.74. The Morgan fingerprint density at radius 2 is 1.64 bits per heavy atom. The molecule has 0 saturated heterocycles. The largest absolute Gasteiger partial charge is 0.341 e. The molecule has 1 aromatic heterocycles. The Bertz CT molecular complexity index is 994. The van der Waals surface area contributed by atoms with E-state index in [1.165, 1.54) is 0 Å². The molecule has 0 aliphatic carbocycles. The first-order valence-corrected chi connectivity index (χ1v) is 8.74. The number of imidazole rings is 1. The maximum absolute atomic E-state index is 12.4. The highest BCUT2D eigenvalue weighted by Crippen LogP contribution is 2.14. The van der Waals surface area contributed by atoms with Gasteiger partial charge >= 0.3 is 11.8 Å². The SMILES string of the molecule is C[C@H](NC(=O)C(=O)Nc1ccc(C(=O)c2nccn2C)cc1)c1ccccc1. The summed E-state index contributed by atoms with van der Waals surface area (Å²) in [4.78, 5) is 40.7. The third kappa shape index (κ3) is 4.32. The molecule has 2 N–H and O–H groups in total. The van der Waals surface area contributed by atoms with Crippen LogP contribution in [-0.4, -0.2) is 27.1 Å². The summed E-state index contributed by atoms with van der Waals surface area (Å²) in [6, 6.07) is 15.4. The topological polar surface area (TPSA) is 93.1 Å². The summed E-state index contributed by atoms with van der Waals surface area (Å²) in [7, 11) is 1.74. The van der Waals surface area contributed by atoms with Crippen LogP contribution in [-0.2, 0) is 16.6 Å². The van der Waals surface area contributed by atoms with Crippen LogP contribution in [0, 0.1) is 0 Å². The number of amides is 2. The van der Waals surface area contributed by atoms with Gasteiger partial charge in [0.1, 0.15) is 0 Å². The standard InChI is InChI=1S/C21H20N4O3/c1-14(15-6-4-3-5-7-15)23-20(27)21(28)24-17-10-8-16(9-11-17)18(26)19-22-12-13-25(19)2/h3-14H,1-2H3,(H,23,27)(H,24,28)/t14-/m0/s1. The lowest BCUT2D eigenvalue weighted by Gasteiger charge is -2.14. The van der Waals surface area contributed by atoms with Crippen LogP contribution in [0.25, 0.3) is 0 Å². The third-order valence-electron chi connectivity index (χ3n) is 4.28. The fourth-order valence-electron chi connectivity index (χ4n) is 2.69. The summed E-state index contributed by atoms with van der Waals surface area (Å²) in [5, 5.41) is 5.18. The van der Waals surface area contributed by atoms with Crippen LogP contribution >= 0.6 is 0 Å². The molecule has 0 aliphatic heterocycles. The highest BCUT2D eigenvalue weighted by Gasteiger charge is 2.18. The number of ketones is 1. The molecule has 0 fully saturated rings. The number of nitrogens with zero attached hydrogens (tertiary/aromatic N) is 2. The number of carbonyl (C=O) groups excluding carboxylic acids is 3. The molecule has 0 spiro atoms. The zero-order valence-corrected chi connectivity index (χ0v) is 15.5. The van der Waals surface area contributed by atoms with E-state index in [1.54, 1.807) is 55.2 Å². The Labute approximate surface area is 162 Å². The lowest BCUT2D eigenvalue weighted by Crippen LogP contribution is -2.36. The molecule has 142 valence electrons. The second kappa shape index (κ2) is 8.30. The summed E-state index contributed by atoms with van der Waals surface area (Å²) in [6.45, 7) is 1.80. The van der Waals surface area contributed by atoms with Crippen LogP contribution in [0.4, 0.5) is 5.69 Å². The van der Waals surface area contributed by atoms with Gasteiger partial charge in [-0.2, -0.15) is 0 Å². The highest BCUT2D eigenvalue weighted by molar-refractivity contribution is 6.39. The van der Waals surface area contributed by atoms with Gasteiger partial charge in [0.2, 0.25) is 5.78 Å². The molecule has 0 bridgehead atoms. The Kier molecular flexibility index (Phi) is 5.64. The van der Waals surface area contributed by atoms with Crippen LogP contribution in [0.2, 0.25) is 0 Å². The van der Waals surface area contributed by atoms with Crippen molar-refractivity contribution >= 4 is 23.3 Å². The van der Waals surface area contributed by atoms with E-state index in [-0.39, 0.29) is 11.8 Å². The molecular formula is C21H20N4O3. The molecule has 3 rings (SSSR count). The van der Waals surface area contributed by atoms with Gasteiger partial charge in [0, 0.05) is 30.7 Å². The lowest BCUT2D eigenvalue weighted by molar-refractivity contribution is -0.136. The van der Waals surface area contributed by atoms with Crippen LogP contribution < -0.4 is 10.6 Å². The molecule has 7 nitrogen and oxygen atoms in total. The van der Waals surface area contributed by atoms with Crippen molar-refractivity contribution < 1.29 is 14.4 Å². The van der Waals surface area contributed by atoms with Gasteiger partial charge in [-0.25, -0.2) is 4.98 Å². The van der Waals surface area contributed by atoms with Crippen molar-refractivity contribution in [3.63, 3.8) is 0 Å². The lowest BCUT2D eigenvalue weighted by atomic mass is 10.1. The Morgan fingerprint density at radius 3 is 2.25 bits per heavy atom. The van der Waals surface area contributed by atoms with E-state index in [9.17, 15) is 14.4 Å². The van der Waals surface area contributed by atoms with Crippen LogP contribution in [0.5, 0.6) is 0 Å². The molecule has 1 atom stereocenters. The van der Waals surface area contributed by atoms with Gasteiger partial charge in [-0.05, 0) is 36.8 Å². The maximum Gasteiger partial charge on any atom is 0.313 e. The van der Waals surface area contributed by atoms with E-state index in [0.29, 0.717) is 17.1 Å². The molecule has 28 heavy (non-hydrogen) atoms. The average molecular weight is 376 g/mol. The summed E-state index contributed by atoms with van der Waals surface area (Å²) >= 11 is 0. The van der Waals surface area contributed by atoms with Gasteiger partial charge in [0.15, 0.2) is 5.82 Å². The summed E-state index contributed by atoms with van der Waals surface area (Å²) in [5.41, 5.74) is 1.76. The number of rotatable bonds is 5. The molecule has 2 amide bonds. The zero-order valence-electron chi connectivity index (χ0n) is 15.5. The number of carbonyl (C=O) groups is 3. The van der Waals surface area contributed by atoms with Gasteiger partial charge in [-0.15, -0.1) is 0 Å². The number of aryl methyl sites for hydroxylation is 1. The molecule has 7 heteroatoms. The number of hydrogen-bond acceptors (Lipinski definition) is 4. The second-order valence-corrected chi connectivity index (χ2v) is 6.33. The molecule has 3 aromatic rings. The molecule has 0 aliphatic rings. The third-order valence-corrected chi connectivity index (χ3v) is 4.28. The van der Waals surface area contributed by atoms with Gasteiger partial charge in [0.05, 0.1) is 6.04 Å². The molecule has 1 heterocycles. The minimum Gasteiger partial charge on any atom is -0.341 e. The normalized spacial score (nSPS) is 11.5. The van der Waals surface area contributed by atoms with E-state index in [2.05, 4.69) is 15.6 Å². The van der Waals surface area contributed by atoms with Crippen molar-refractivity contribution in [2.45, 2.75) is 13.0 Å². The number of nitrogens with one attached hydrogen (secondary N) is 2. The molecule has 0 unspecified atom stereocenters. The van der Waals surface area contributed by atoms with E-state index < -0.39 is 11.8 Å². The second-order valence-electron chi connectivity index (χ2n) is 6.33. The average Bonchev–Trinajstić information content (AvgIpc) is 3.14. The maximum atomic E-state index is 12.4. The van der Waals surface area contributed by atoms with E-state index in [4.69, 9.17) is 0 Å². The molecule has 0 radical (unpaired) electrons. The number of anilines is 1. The minimum absolute atomic E-state index is 0.222. The number of aromatic nitrogens is 2. The van der Waals surface area contributed by atoms with Crippen molar-refractivity contribution in [2.75, 3.05) is 5.32 Å². The monoisotopic (exact) mass is 376 g/mol. The summed E-state index contributed by atoms with van der Waals surface area (Å²) in [6.07, 6.45) is 3.24. The van der Waals surface area contributed by atoms with Gasteiger partial charge < -0.3 is 15.2 Å². The predicted octanol–water partition coefficient (Wildman–Crippen LogP) is 2.47. The molecule has 2 aromatic carbocycles. The Balaban J connectivity index is 1.60. The van der Waals surface area contributed by atoms with Crippen molar-refractivity contribution in [3.8, 4) is 0 Å². The first kappa shape index (κ1) is 19.0. The quantitative estimate of drug-likeness (QED) is 0.528. The zero-order chi connectivity index (χ0) is 20.1. The smallest absolute Gasteiger partial charge is 0.313 e. The van der Waals surface area contributed by atoms with Crippen molar-refractivity contribution in [2.24, 2.45) is 7.05 Å². The highest BCUT2D eigenvalue weighted by atomic mass is 16.2. The van der Waals surface area contributed by atoms with Crippen LogP contribution in [0.3, 0.4) is 0 Å². The molecular weight excluding hydrogens is 356 g/mol. The molecule has 0 saturated carbocycles. The number of benzene rings is 2. The minimum atomic E-state index is -0.772. The van der Waals surface area contributed by atoms with Gasteiger partial charge in [-0.3, -0.25) is 14.4 Å². The number of hydrogen-bond donors (Lipinski definition) is 2. The van der Waals surface area contributed by atoms with Crippen molar-refractivity contribution in [3.05, 3.63) is 83.9 Å². The fraction of sp³-hybridized carbons (Fsp3) is 0.143. The van der Waals surface area contributed by atoms with Crippen molar-refractivity contribution in [1.29, 1.82) is 0 Å². The van der Waals surface area contributed by atoms with E-state index in [0.717, 1.165) is 5.56 Å². The van der Waals surface area contributed by atoms with Crippen LogP contribution in [0.15, 0.2) is 67.0 Å². The van der Waals surface area contributed by atoms with Gasteiger partial charge in [-0.1, -0.05) is 30.3 Å². The fourth-order valence-corrected chi connectivity index (χ4v) is 2.69. The van der Waals surface area contributed by atoms with Crippen molar-refractivity contribution in [1.82, 2.24) is 14.9 Å². The van der Waals surface area contributed by atoms with E-state index >= 15 is 0 Å². The van der Waals surface area contributed by atoms with E-state index in [1.807, 2.05) is 30.3 Å². The first-order valence-electron chi connectivity index (χ1n) is 8.74. The summed E-state index contributed by atoms with van der Waals surface area (Å²) < 4.78 is 1.64. The Morgan fingerprint density at radius 1 is 0.964 bits per heavy atom. The van der Waals surface area contributed by atoms with Crippen LogP contribution in [0.1, 0.15) is 34.7 Å². The first-order chi connectivity index (χ1) is 13.5. The summed E-state index contributed by atoms with van der Waals surface area (Å²) in [5.74, 6) is -1.40. The predicted molar refractivity (Wildman–Crippen MR) is 105 cm³/mol.